The summed E-state index contributed by atoms with van der Waals surface area (Å²) in [5.74, 6) is 0. The molecule has 8 heavy (non-hydrogen) atoms. The molecule has 0 unspecified atom stereocenters. The first kappa shape index (κ1) is 7.50. The Kier molecular flexibility index (Phi) is 6.09. The zero-order valence-corrected chi connectivity index (χ0v) is 4.88. The summed E-state index contributed by atoms with van der Waals surface area (Å²) in [6, 6.07) is 0. The smallest absolute Gasteiger partial charge is 0.0751 e. The molecule has 2 heteroatoms. The Labute approximate surface area is 49.5 Å². The summed E-state index contributed by atoms with van der Waals surface area (Å²) < 4.78 is 0. The first-order chi connectivity index (χ1) is 3.91. The van der Waals surface area contributed by atoms with Crippen LogP contribution >= 0.6 is 0 Å². The Bertz CT molecular complexity index is 59.5. The van der Waals surface area contributed by atoms with Crippen molar-refractivity contribution in [1.82, 2.24) is 0 Å². The molecular weight excluding hydrogens is 104 g/mol. The van der Waals surface area contributed by atoms with Gasteiger partial charge in [0.15, 0.2) is 0 Å². The summed E-state index contributed by atoms with van der Waals surface area (Å²) in [4.78, 5) is 0. The minimum absolute atomic E-state index is 0.249. The van der Waals surface area contributed by atoms with E-state index in [4.69, 9.17) is 10.2 Å². The standard InChI is InChI=1S/C6H12O2/c7-5-3-1-2-4-6-8/h3,5,7-8H,1-2,4,6H2. The summed E-state index contributed by atoms with van der Waals surface area (Å²) in [5, 5.41) is 16.4. The Morgan fingerprint density at radius 2 is 2.00 bits per heavy atom. The van der Waals surface area contributed by atoms with Gasteiger partial charge in [-0.05, 0) is 19.3 Å². The lowest BCUT2D eigenvalue weighted by atomic mass is 10.2. The third-order valence-corrected chi connectivity index (χ3v) is 0.884. The third kappa shape index (κ3) is 5.50. The predicted octanol–water partition coefficient (Wildman–Crippen LogP) is 1.22. The molecule has 0 saturated carbocycles. The highest BCUT2D eigenvalue weighted by Crippen LogP contribution is 1.93. The van der Waals surface area contributed by atoms with Gasteiger partial charge >= 0.3 is 0 Å². The molecule has 0 rings (SSSR count). The number of aliphatic hydroxyl groups excluding tert-OH is 2. The van der Waals surface area contributed by atoms with Gasteiger partial charge in [0.05, 0.1) is 6.26 Å². The number of unbranched alkanes of at least 4 members (excludes halogenated alkanes) is 2. The summed E-state index contributed by atoms with van der Waals surface area (Å²) in [6.07, 6.45) is 5.35. The Morgan fingerprint density at radius 3 is 2.50 bits per heavy atom. The van der Waals surface area contributed by atoms with Crippen LogP contribution in [-0.4, -0.2) is 16.8 Å². The largest absolute Gasteiger partial charge is 0.516 e. The third-order valence-electron chi connectivity index (χ3n) is 0.884. The summed E-state index contributed by atoms with van der Waals surface area (Å²) in [7, 11) is 0. The molecule has 0 bridgehead atoms. The van der Waals surface area contributed by atoms with Gasteiger partial charge < -0.3 is 10.2 Å². The van der Waals surface area contributed by atoms with Crippen LogP contribution in [0.4, 0.5) is 0 Å². The quantitative estimate of drug-likeness (QED) is 0.428. The molecule has 0 saturated heterocycles. The second-order valence-electron chi connectivity index (χ2n) is 1.60. The highest BCUT2D eigenvalue weighted by molar-refractivity contribution is 4.70. The molecule has 2 nitrogen and oxygen atoms in total. The van der Waals surface area contributed by atoms with Crippen molar-refractivity contribution in [1.29, 1.82) is 0 Å². The number of aliphatic hydroxyl groups is 2. The van der Waals surface area contributed by atoms with E-state index in [9.17, 15) is 0 Å². The number of hydrogen-bond donors (Lipinski definition) is 2. The van der Waals surface area contributed by atoms with Gasteiger partial charge in [0.2, 0.25) is 0 Å². The Hall–Kier alpha value is -0.500. The molecule has 0 aromatic rings. The van der Waals surface area contributed by atoms with Crippen molar-refractivity contribution in [3.63, 3.8) is 0 Å². The monoisotopic (exact) mass is 116 g/mol. The van der Waals surface area contributed by atoms with Gasteiger partial charge in [0.25, 0.3) is 0 Å². The van der Waals surface area contributed by atoms with E-state index in [1.807, 2.05) is 0 Å². The first-order valence-corrected chi connectivity index (χ1v) is 2.82. The molecule has 0 heterocycles. The molecule has 0 spiro atoms. The second-order valence-corrected chi connectivity index (χ2v) is 1.60. The van der Waals surface area contributed by atoms with E-state index < -0.39 is 0 Å². The molecule has 0 amide bonds. The SMILES string of the molecule is OC=CCCCCO. The van der Waals surface area contributed by atoms with E-state index >= 15 is 0 Å². The lowest BCUT2D eigenvalue weighted by Gasteiger charge is -1.88. The number of rotatable bonds is 4. The zero-order valence-electron chi connectivity index (χ0n) is 4.88. The highest BCUT2D eigenvalue weighted by atomic mass is 16.3. The van der Waals surface area contributed by atoms with Crippen LogP contribution < -0.4 is 0 Å². The normalized spacial score (nSPS) is 10.6. The zero-order chi connectivity index (χ0) is 6.24. The first-order valence-electron chi connectivity index (χ1n) is 2.82. The molecule has 2 N–H and O–H groups in total. The minimum Gasteiger partial charge on any atom is -0.516 e. The fourth-order valence-electron chi connectivity index (χ4n) is 0.449. The number of allylic oxidation sites excluding steroid dienone is 1. The average molecular weight is 116 g/mol. The van der Waals surface area contributed by atoms with Gasteiger partial charge in [-0.2, -0.15) is 0 Å². The topological polar surface area (TPSA) is 40.5 Å². The van der Waals surface area contributed by atoms with Crippen molar-refractivity contribution in [2.75, 3.05) is 6.61 Å². The fourth-order valence-corrected chi connectivity index (χ4v) is 0.449. The molecule has 0 radical (unpaired) electrons. The van der Waals surface area contributed by atoms with Gasteiger partial charge in [0, 0.05) is 6.61 Å². The lowest BCUT2D eigenvalue weighted by molar-refractivity contribution is 0.285. The van der Waals surface area contributed by atoms with Crippen molar-refractivity contribution in [2.24, 2.45) is 0 Å². The number of hydrogen-bond acceptors (Lipinski definition) is 2. The second kappa shape index (κ2) is 6.50. The van der Waals surface area contributed by atoms with Crippen LogP contribution in [0.2, 0.25) is 0 Å². The predicted molar refractivity (Wildman–Crippen MR) is 32.7 cm³/mol. The molecule has 0 fully saturated rings. The van der Waals surface area contributed by atoms with Crippen LogP contribution in [0.25, 0.3) is 0 Å². The van der Waals surface area contributed by atoms with Crippen molar-refractivity contribution in [3.05, 3.63) is 12.3 Å². The van der Waals surface area contributed by atoms with Crippen LogP contribution in [-0.2, 0) is 0 Å². The molecule has 48 valence electrons. The van der Waals surface area contributed by atoms with Gasteiger partial charge in [-0.15, -0.1) is 0 Å². The van der Waals surface area contributed by atoms with Crippen LogP contribution in [0.3, 0.4) is 0 Å². The molecular formula is C6H12O2. The van der Waals surface area contributed by atoms with E-state index in [-0.39, 0.29) is 6.61 Å². The maximum absolute atomic E-state index is 8.28. The van der Waals surface area contributed by atoms with E-state index in [2.05, 4.69) is 0 Å². The van der Waals surface area contributed by atoms with Crippen molar-refractivity contribution < 1.29 is 10.2 Å². The summed E-state index contributed by atoms with van der Waals surface area (Å²) in [5.41, 5.74) is 0. The molecule has 0 aliphatic rings. The highest BCUT2D eigenvalue weighted by Gasteiger charge is 1.79. The maximum atomic E-state index is 8.28. The van der Waals surface area contributed by atoms with Gasteiger partial charge in [0.1, 0.15) is 0 Å². The maximum Gasteiger partial charge on any atom is 0.0751 e. The van der Waals surface area contributed by atoms with Crippen LogP contribution in [0.15, 0.2) is 12.3 Å². The summed E-state index contributed by atoms with van der Waals surface area (Å²) in [6.45, 7) is 0.249. The molecule has 0 atom stereocenters. The van der Waals surface area contributed by atoms with Gasteiger partial charge in [-0.3, -0.25) is 0 Å². The average Bonchev–Trinajstić information content (AvgIpc) is 1.81. The molecule has 0 aromatic heterocycles. The summed E-state index contributed by atoms with van der Waals surface area (Å²) >= 11 is 0. The Balaban J connectivity index is 2.72. The minimum atomic E-state index is 0.249. The van der Waals surface area contributed by atoms with E-state index in [1.54, 1.807) is 6.08 Å². The van der Waals surface area contributed by atoms with Crippen molar-refractivity contribution >= 4 is 0 Å². The van der Waals surface area contributed by atoms with Gasteiger partial charge in [-0.25, -0.2) is 0 Å². The van der Waals surface area contributed by atoms with Crippen LogP contribution in [0, 0.1) is 0 Å². The molecule has 0 aliphatic carbocycles. The van der Waals surface area contributed by atoms with Crippen molar-refractivity contribution in [2.45, 2.75) is 19.3 Å². The Morgan fingerprint density at radius 1 is 1.25 bits per heavy atom. The van der Waals surface area contributed by atoms with E-state index in [0.717, 1.165) is 25.5 Å². The van der Waals surface area contributed by atoms with Crippen LogP contribution in [0.1, 0.15) is 19.3 Å². The van der Waals surface area contributed by atoms with E-state index in [1.165, 1.54) is 0 Å². The molecule has 0 aromatic carbocycles. The lowest BCUT2D eigenvalue weighted by Crippen LogP contribution is -1.79. The van der Waals surface area contributed by atoms with Crippen LogP contribution in [0.5, 0.6) is 0 Å². The fraction of sp³-hybridized carbons (Fsp3) is 0.667. The van der Waals surface area contributed by atoms with E-state index in [0.29, 0.717) is 0 Å². The van der Waals surface area contributed by atoms with Gasteiger partial charge in [-0.1, -0.05) is 6.08 Å². The molecule has 0 aliphatic heterocycles. The van der Waals surface area contributed by atoms with Crippen molar-refractivity contribution in [3.8, 4) is 0 Å².